The number of hydrogen-bond acceptors (Lipinski definition) is 5. The standard InChI is InChI=1S/C29H31Cl2N3O4/c1-3-17-38-23-9-5-20(6-10-23)29(36)34-15-13-33(14-16-34)26-11-8-22(19-24(26)30)32-28(35)21-7-12-27(37-4-2)25(31)18-21/h5-12,18-19H,3-4,13-17H2,1-2H3,(H,32,35). The number of carbonyl (C=O) groups is 2. The summed E-state index contributed by atoms with van der Waals surface area (Å²) in [5, 5.41) is 3.76. The molecule has 0 bridgehead atoms. The zero-order valence-electron chi connectivity index (χ0n) is 21.5. The van der Waals surface area contributed by atoms with Crippen LogP contribution in [0.15, 0.2) is 60.7 Å². The van der Waals surface area contributed by atoms with Crippen LogP contribution in [0.3, 0.4) is 0 Å². The predicted octanol–water partition coefficient (Wildman–Crippen LogP) is 6.40. The topological polar surface area (TPSA) is 71.1 Å². The summed E-state index contributed by atoms with van der Waals surface area (Å²) in [5.41, 5.74) is 2.50. The number of anilines is 2. The van der Waals surface area contributed by atoms with Gasteiger partial charge in [-0.2, -0.15) is 0 Å². The Morgan fingerprint density at radius 2 is 1.55 bits per heavy atom. The molecule has 1 aliphatic heterocycles. The van der Waals surface area contributed by atoms with E-state index in [-0.39, 0.29) is 11.8 Å². The third kappa shape index (κ3) is 6.71. The Kier molecular flexibility index (Phi) is 9.37. The molecule has 7 nitrogen and oxygen atoms in total. The summed E-state index contributed by atoms with van der Waals surface area (Å²) in [5.74, 6) is 1.02. The molecule has 1 aliphatic rings. The molecule has 0 aliphatic carbocycles. The van der Waals surface area contributed by atoms with E-state index in [0.29, 0.717) is 72.0 Å². The van der Waals surface area contributed by atoms with E-state index in [1.165, 1.54) is 0 Å². The summed E-state index contributed by atoms with van der Waals surface area (Å²) >= 11 is 12.8. The Morgan fingerprint density at radius 3 is 2.18 bits per heavy atom. The summed E-state index contributed by atoms with van der Waals surface area (Å²) in [6, 6.07) is 17.6. The quantitative estimate of drug-likeness (QED) is 0.331. The van der Waals surface area contributed by atoms with Gasteiger partial charge in [-0.25, -0.2) is 0 Å². The molecule has 38 heavy (non-hydrogen) atoms. The van der Waals surface area contributed by atoms with Gasteiger partial charge in [-0.05, 0) is 74.0 Å². The first-order valence-electron chi connectivity index (χ1n) is 12.7. The fraction of sp³-hybridized carbons (Fsp3) is 0.310. The number of piperazine rings is 1. The number of ether oxygens (including phenoxy) is 2. The molecule has 0 atom stereocenters. The molecule has 9 heteroatoms. The third-order valence-electron chi connectivity index (χ3n) is 6.18. The predicted molar refractivity (Wildman–Crippen MR) is 152 cm³/mol. The largest absolute Gasteiger partial charge is 0.494 e. The highest BCUT2D eigenvalue weighted by molar-refractivity contribution is 6.34. The lowest BCUT2D eigenvalue weighted by Gasteiger charge is -2.36. The maximum Gasteiger partial charge on any atom is 0.255 e. The van der Waals surface area contributed by atoms with E-state index >= 15 is 0 Å². The summed E-state index contributed by atoms with van der Waals surface area (Å²) in [6.07, 6.45) is 0.936. The normalized spacial score (nSPS) is 13.3. The highest BCUT2D eigenvalue weighted by atomic mass is 35.5. The first-order valence-corrected chi connectivity index (χ1v) is 13.5. The summed E-state index contributed by atoms with van der Waals surface area (Å²) in [6.45, 7) is 7.54. The van der Waals surface area contributed by atoms with Crippen LogP contribution in [-0.2, 0) is 0 Å². The lowest BCUT2D eigenvalue weighted by molar-refractivity contribution is 0.0746. The van der Waals surface area contributed by atoms with E-state index in [1.54, 1.807) is 24.3 Å². The average molecular weight is 556 g/mol. The Balaban J connectivity index is 1.33. The maximum absolute atomic E-state index is 13.0. The van der Waals surface area contributed by atoms with E-state index in [4.69, 9.17) is 32.7 Å². The van der Waals surface area contributed by atoms with E-state index in [1.807, 2.05) is 48.2 Å². The molecule has 200 valence electrons. The number of amides is 2. The van der Waals surface area contributed by atoms with Gasteiger partial charge in [0.2, 0.25) is 0 Å². The molecule has 0 unspecified atom stereocenters. The first-order chi connectivity index (χ1) is 18.4. The van der Waals surface area contributed by atoms with Crippen LogP contribution in [0.4, 0.5) is 11.4 Å². The molecule has 0 spiro atoms. The van der Waals surface area contributed by atoms with E-state index in [9.17, 15) is 9.59 Å². The highest BCUT2D eigenvalue weighted by Gasteiger charge is 2.23. The summed E-state index contributed by atoms with van der Waals surface area (Å²) in [7, 11) is 0. The molecular formula is C29H31Cl2N3O4. The van der Waals surface area contributed by atoms with Crippen molar-refractivity contribution < 1.29 is 19.1 Å². The van der Waals surface area contributed by atoms with Crippen molar-refractivity contribution in [2.24, 2.45) is 0 Å². The van der Waals surface area contributed by atoms with Gasteiger partial charge >= 0.3 is 0 Å². The number of carbonyl (C=O) groups excluding carboxylic acids is 2. The van der Waals surface area contributed by atoms with E-state index in [2.05, 4.69) is 17.1 Å². The van der Waals surface area contributed by atoms with Gasteiger partial charge in [0.25, 0.3) is 11.8 Å². The van der Waals surface area contributed by atoms with Gasteiger partial charge in [0.15, 0.2) is 0 Å². The molecule has 1 N–H and O–H groups in total. The minimum absolute atomic E-state index is 0.00485. The fourth-order valence-electron chi connectivity index (χ4n) is 4.21. The van der Waals surface area contributed by atoms with Crippen molar-refractivity contribution in [2.45, 2.75) is 20.3 Å². The lowest BCUT2D eigenvalue weighted by Crippen LogP contribution is -2.48. The zero-order valence-corrected chi connectivity index (χ0v) is 23.0. The molecule has 4 rings (SSSR count). The van der Waals surface area contributed by atoms with Crippen molar-refractivity contribution in [3.63, 3.8) is 0 Å². The number of hydrogen-bond donors (Lipinski definition) is 1. The van der Waals surface area contributed by atoms with Crippen LogP contribution in [0.25, 0.3) is 0 Å². The molecule has 3 aromatic rings. The molecule has 1 fully saturated rings. The van der Waals surface area contributed by atoms with Gasteiger partial charge in [-0.1, -0.05) is 30.1 Å². The van der Waals surface area contributed by atoms with Crippen molar-refractivity contribution in [3.8, 4) is 11.5 Å². The van der Waals surface area contributed by atoms with Crippen LogP contribution in [0, 0.1) is 0 Å². The van der Waals surface area contributed by atoms with Gasteiger partial charge in [-0.15, -0.1) is 0 Å². The van der Waals surface area contributed by atoms with Crippen LogP contribution in [0.1, 0.15) is 41.0 Å². The molecule has 0 saturated carbocycles. The van der Waals surface area contributed by atoms with Crippen LogP contribution in [0.2, 0.25) is 10.0 Å². The van der Waals surface area contributed by atoms with Crippen molar-refractivity contribution in [1.29, 1.82) is 0 Å². The number of halogens is 2. The molecule has 3 aromatic carbocycles. The van der Waals surface area contributed by atoms with Crippen molar-refractivity contribution in [3.05, 3.63) is 81.8 Å². The van der Waals surface area contributed by atoms with Gasteiger partial charge in [0, 0.05) is 43.0 Å². The van der Waals surface area contributed by atoms with Gasteiger partial charge in [0.1, 0.15) is 11.5 Å². The first kappa shape index (κ1) is 27.6. The summed E-state index contributed by atoms with van der Waals surface area (Å²) < 4.78 is 11.0. The van der Waals surface area contributed by atoms with Crippen LogP contribution in [0.5, 0.6) is 11.5 Å². The smallest absolute Gasteiger partial charge is 0.255 e. The number of nitrogens with one attached hydrogen (secondary N) is 1. The third-order valence-corrected chi connectivity index (χ3v) is 6.78. The zero-order chi connectivity index (χ0) is 27.1. The number of rotatable bonds is 9. The average Bonchev–Trinajstić information content (AvgIpc) is 2.93. The summed E-state index contributed by atoms with van der Waals surface area (Å²) in [4.78, 5) is 29.7. The molecular weight excluding hydrogens is 525 g/mol. The highest BCUT2D eigenvalue weighted by Crippen LogP contribution is 2.31. The Bertz CT molecular complexity index is 1280. The minimum Gasteiger partial charge on any atom is -0.494 e. The Hall–Kier alpha value is -3.42. The van der Waals surface area contributed by atoms with Crippen LogP contribution in [-0.4, -0.2) is 56.1 Å². The fourth-order valence-corrected chi connectivity index (χ4v) is 4.74. The molecule has 2 amide bonds. The van der Waals surface area contributed by atoms with Crippen molar-refractivity contribution >= 4 is 46.4 Å². The van der Waals surface area contributed by atoms with Crippen LogP contribution >= 0.6 is 23.2 Å². The lowest BCUT2D eigenvalue weighted by atomic mass is 10.1. The van der Waals surface area contributed by atoms with Crippen LogP contribution < -0.4 is 19.7 Å². The monoisotopic (exact) mass is 555 g/mol. The van der Waals surface area contributed by atoms with Gasteiger partial charge < -0.3 is 24.6 Å². The second-order valence-electron chi connectivity index (χ2n) is 8.85. The second kappa shape index (κ2) is 12.9. The minimum atomic E-state index is -0.296. The number of benzene rings is 3. The molecule has 0 aromatic heterocycles. The van der Waals surface area contributed by atoms with Crippen molar-refractivity contribution in [2.75, 3.05) is 49.6 Å². The maximum atomic E-state index is 13.0. The van der Waals surface area contributed by atoms with E-state index < -0.39 is 0 Å². The second-order valence-corrected chi connectivity index (χ2v) is 9.67. The SMILES string of the molecule is CCCOc1ccc(C(=O)N2CCN(c3ccc(NC(=O)c4ccc(OCC)c(Cl)c4)cc3Cl)CC2)cc1. The van der Waals surface area contributed by atoms with Gasteiger partial charge in [-0.3, -0.25) is 9.59 Å². The molecule has 1 heterocycles. The molecule has 1 saturated heterocycles. The van der Waals surface area contributed by atoms with Crippen molar-refractivity contribution in [1.82, 2.24) is 4.90 Å². The van der Waals surface area contributed by atoms with E-state index in [0.717, 1.165) is 17.9 Å². The molecule has 0 radical (unpaired) electrons. The Labute approximate surface area is 233 Å². The van der Waals surface area contributed by atoms with Gasteiger partial charge in [0.05, 0.1) is 28.9 Å². The number of nitrogens with zero attached hydrogens (tertiary/aromatic N) is 2. The Morgan fingerprint density at radius 1 is 0.842 bits per heavy atom.